The second-order valence-corrected chi connectivity index (χ2v) is 10.9. The number of carbonyl (C=O) groups excluding carboxylic acids is 2. The third-order valence-electron chi connectivity index (χ3n) is 5.45. The van der Waals surface area contributed by atoms with Crippen LogP contribution >= 0.6 is 11.3 Å². The standard InChI is InChI=1S/C26H45NO5S/c1-8-9-10-11-12-13-17-31-25(29)27-23-21(24(28)32-26(4,5)6)18-22(33-23)19(2)15-14-16-20(3)30-7/h18-20H,8-17H2,1-7H3,(H,27,29). The van der Waals surface area contributed by atoms with Crippen LogP contribution in [0.3, 0.4) is 0 Å². The Balaban J connectivity index is 2.75. The zero-order valence-electron chi connectivity index (χ0n) is 21.8. The van der Waals surface area contributed by atoms with Gasteiger partial charge in [-0.3, -0.25) is 5.32 Å². The number of hydrogen-bond donors (Lipinski definition) is 1. The van der Waals surface area contributed by atoms with Gasteiger partial charge in [0.25, 0.3) is 0 Å². The van der Waals surface area contributed by atoms with Gasteiger partial charge < -0.3 is 14.2 Å². The van der Waals surface area contributed by atoms with Crippen LogP contribution in [-0.4, -0.2) is 37.5 Å². The molecule has 0 radical (unpaired) electrons. The molecule has 1 rings (SSSR count). The van der Waals surface area contributed by atoms with Crippen molar-refractivity contribution in [2.45, 2.75) is 117 Å². The van der Waals surface area contributed by atoms with Crippen molar-refractivity contribution >= 4 is 28.4 Å². The molecular weight excluding hydrogens is 438 g/mol. The van der Waals surface area contributed by atoms with E-state index in [0.717, 1.165) is 43.4 Å². The molecule has 190 valence electrons. The van der Waals surface area contributed by atoms with Gasteiger partial charge in [0, 0.05) is 12.0 Å². The lowest BCUT2D eigenvalue weighted by molar-refractivity contribution is 0.00711. The van der Waals surface area contributed by atoms with Crippen LogP contribution in [0.25, 0.3) is 0 Å². The molecule has 1 aromatic heterocycles. The third kappa shape index (κ3) is 12.4. The van der Waals surface area contributed by atoms with E-state index in [4.69, 9.17) is 14.2 Å². The van der Waals surface area contributed by atoms with Gasteiger partial charge in [0.1, 0.15) is 10.6 Å². The molecule has 0 aromatic carbocycles. The molecule has 2 atom stereocenters. The first-order valence-electron chi connectivity index (χ1n) is 12.4. The molecule has 1 heterocycles. The van der Waals surface area contributed by atoms with Gasteiger partial charge in [-0.15, -0.1) is 11.3 Å². The molecule has 0 aliphatic carbocycles. The molecule has 33 heavy (non-hydrogen) atoms. The Morgan fingerprint density at radius 3 is 2.33 bits per heavy atom. The van der Waals surface area contributed by atoms with Crippen LogP contribution in [0.4, 0.5) is 9.80 Å². The number of esters is 1. The molecule has 0 saturated heterocycles. The third-order valence-corrected chi connectivity index (χ3v) is 6.73. The van der Waals surface area contributed by atoms with E-state index in [0.29, 0.717) is 17.2 Å². The van der Waals surface area contributed by atoms with Crippen LogP contribution in [0, 0.1) is 0 Å². The largest absolute Gasteiger partial charge is 0.456 e. The van der Waals surface area contributed by atoms with Crippen LogP contribution in [0.2, 0.25) is 0 Å². The topological polar surface area (TPSA) is 73.9 Å². The van der Waals surface area contributed by atoms with E-state index >= 15 is 0 Å². The van der Waals surface area contributed by atoms with Crippen LogP contribution in [0.1, 0.15) is 120 Å². The first kappa shape index (κ1) is 29.4. The Morgan fingerprint density at radius 1 is 1.03 bits per heavy atom. The number of ether oxygens (including phenoxy) is 3. The molecule has 0 aliphatic heterocycles. The van der Waals surface area contributed by atoms with E-state index in [1.165, 1.54) is 30.6 Å². The zero-order chi connectivity index (χ0) is 24.9. The summed E-state index contributed by atoms with van der Waals surface area (Å²) in [7, 11) is 1.73. The lowest BCUT2D eigenvalue weighted by Gasteiger charge is -2.19. The fraction of sp³-hybridized carbons (Fsp3) is 0.769. The number of anilines is 1. The second-order valence-electron chi connectivity index (χ2n) is 9.80. The number of amides is 1. The molecule has 0 aliphatic rings. The Labute approximate surface area is 204 Å². The highest BCUT2D eigenvalue weighted by Gasteiger charge is 2.25. The molecule has 2 unspecified atom stereocenters. The van der Waals surface area contributed by atoms with Crippen molar-refractivity contribution < 1.29 is 23.8 Å². The minimum absolute atomic E-state index is 0.233. The van der Waals surface area contributed by atoms with E-state index < -0.39 is 17.7 Å². The van der Waals surface area contributed by atoms with E-state index in [9.17, 15) is 9.59 Å². The van der Waals surface area contributed by atoms with Crippen molar-refractivity contribution in [3.8, 4) is 0 Å². The quantitative estimate of drug-likeness (QED) is 0.202. The fourth-order valence-electron chi connectivity index (χ4n) is 3.38. The maximum Gasteiger partial charge on any atom is 0.412 e. The maximum atomic E-state index is 12.8. The van der Waals surface area contributed by atoms with E-state index in [-0.39, 0.29) is 12.0 Å². The maximum absolute atomic E-state index is 12.8. The SMILES string of the molecule is CCCCCCCCOC(=O)Nc1sc(C(C)CCCC(C)OC)cc1C(=O)OC(C)(C)C. The van der Waals surface area contributed by atoms with E-state index in [2.05, 4.69) is 26.1 Å². The lowest BCUT2D eigenvalue weighted by atomic mass is 10.0. The molecule has 0 saturated carbocycles. The molecule has 1 aromatic rings. The van der Waals surface area contributed by atoms with Crippen LogP contribution in [0.15, 0.2) is 6.07 Å². The van der Waals surface area contributed by atoms with E-state index in [1.54, 1.807) is 7.11 Å². The summed E-state index contributed by atoms with van der Waals surface area (Å²) in [5.74, 6) is -0.175. The predicted octanol–water partition coefficient (Wildman–Crippen LogP) is 7.92. The zero-order valence-corrected chi connectivity index (χ0v) is 22.6. The van der Waals surface area contributed by atoms with Crippen molar-refractivity contribution in [2.24, 2.45) is 0 Å². The summed E-state index contributed by atoms with van der Waals surface area (Å²) in [6.45, 7) is 12.3. The van der Waals surface area contributed by atoms with Crippen molar-refractivity contribution in [1.29, 1.82) is 0 Å². The van der Waals surface area contributed by atoms with Gasteiger partial charge in [0.15, 0.2) is 0 Å². The molecule has 7 heteroatoms. The van der Waals surface area contributed by atoms with Gasteiger partial charge in [0.05, 0.1) is 18.3 Å². The monoisotopic (exact) mass is 483 g/mol. The van der Waals surface area contributed by atoms with Crippen molar-refractivity contribution in [2.75, 3.05) is 19.0 Å². The normalized spacial score (nSPS) is 13.4. The minimum atomic E-state index is -0.614. The summed E-state index contributed by atoms with van der Waals surface area (Å²) in [4.78, 5) is 26.2. The number of carbonyl (C=O) groups is 2. The summed E-state index contributed by atoms with van der Waals surface area (Å²) in [6, 6.07) is 1.85. The minimum Gasteiger partial charge on any atom is -0.456 e. The number of hydrogen-bond acceptors (Lipinski definition) is 6. The van der Waals surface area contributed by atoms with Crippen LogP contribution in [0.5, 0.6) is 0 Å². The molecule has 1 amide bonds. The summed E-state index contributed by atoms with van der Waals surface area (Å²) in [5.41, 5.74) is -0.227. The number of thiophene rings is 1. The first-order chi connectivity index (χ1) is 15.6. The highest BCUT2D eigenvalue weighted by molar-refractivity contribution is 7.16. The number of nitrogens with one attached hydrogen (secondary N) is 1. The van der Waals surface area contributed by atoms with Crippen LogP contribution in [-0.2, 0) is 14.2 Å². The van der Waals surface area contributed by atoms with Gasteiger partial charge in [-0.05, 0) is 58.9 Å². The lowest BCUT2D eigenvalue weighted by Crippen LogP contribution is -2.24. The molecule has 6 nitrogen and oxygen atoms in total. The van der Waals surface area contributed by atoms with Crippen molar-refractivity contribution in [3.05, 3.63) is 16.5 Å². The van der Waals surface area contributed by atoms with Crippen molar-refractivity contribution in [3.63, 3.8) is 0 Å². The van der Waals surface area contributed by atoms with Gasteiger partial charge in [-0.1, -0.05) is 52.4 Å². The summed E-state index contributed by atoms with van der Waals surface area (Å²) >= 11 is 1.42. The van der Waals surface area contributed by atoms with E-state index in [1.807, 2.05) is 26.8 Å². The Hall–Kier alpha value is -1.60. The average Bonchev–Trinajstić information content (AvgIpc) is 3.15. The van der Waals surface area contributed by atoms with Gasteiger partial charge in [-0.25, -0.2) is 9.59 Å². The van der Waals surface area contributed by atoms with Gasteiger partial charge >= 0.3 is 12.1 Å². The fourth-order valence-corrected chi connectivity index (χ4v) is 4.50. The van der Waals surface area contributed by atoms with Crippen molar-refractivity contribution in [1.82, 2.24) is 0 Å². The summed E-state index contributed by atoms with van der Waals surface area (Å²) in [6.07, 6.45) is 9.45. The van der Waals surface area contributed by atoms with Gasteiger partial charge in [-0.2, -0.15) is 0 Å². The molecule has 0 bridgehead atoms. The molecular formula is C26H45NO5S. The highest BCUT2D eigenvalue weighted by atomic mass is 32.1. The predicted molar refractivity (Wildman–Crippen MR) is 137 cm³/mol. The Bertz CT molecular complexity index is 710. The second kappa shape index (κ2) is 15.3. The Kier molecular flexibility index (Phi) is 13.7. The average molecular weight is 484 g/mol. The highest BCUT2D eigenvalue weighted by Crippen LogP contribution is 2.36. The molecule has 0 fully saturated rings. The number of rotatable bonds is 15. The molecule has 0 spiro atoms. The number of methoxy groups -OCH3 is 1. The molecule has 1 N–H and O–H groups in total. The number of unbranched alkanes of at least 4 members (excludes halogenated alkanes) is 5. The van der Waals surface area contributed by atoms with Crippen LogP contribution < -0.4 is 5.32 Å². The Morgan fingerprint density at radius 2 is 1.70 bits per heavy atom. The first-order valence-corrected chi connectivity index (χ1v) is 13.2. The summed E-state index contributed by atoms with van der Waals surface area (Å²) in [5, 5.41) is 3.27. The van der Waals surface area contributed by atoms with Gasteiger partial charge in [0.2, 0.25) is 0 Å². The summed E-state index contributed by atoms with van der Waals surface area (Å²) < 4.78 is 16.2. The smallest absolute Gasteiger partial charge is 0.412 e.